The van der Waals surface area contributed by atoms with Crippen LogP contribution >= 0.6 is 0 Å². The number of hydrogen-bond acceptors (Lipinski definition) is 4. The first-order chi connectivity index (χ1) is 11.4. The van der Waals surface area contributed by atoms with Gasteiger partial charge < -0.3 is 19.5 Å². The highest BCUT2D eigenvalue weighted by molar-refractivity contribution is 5.46. The van der Waals surface area contributed by atoms with Gasteiger partial charge in [-0.1, -0.05) is 12.1 Å². The summed E-state index contributed by atoms with van der Waals surface area (Å²) in [5, 5.41) is 9.96. The van der Waals surface area contributed by atoms with Crippen molar-refractivity contribution in [2.45, 2.75) is 26.8 Å². The van der Waals surface area contributed by atoms with Gasteiger partial charge in [-0.3, -0.25) is 0 Å². The summed E-state index contributed by atoms with van der Waals surface area (Å²) >= 11 is 0. The normalized spacial score (nSPS) is 10.9. The minimum Gasteiger partial charge on any atom is -0.504 e. The Labute approximate surface area is 144 Å². The quantitative estimate of drug-likeness (QED) is 0.841. The smallest absolute Gasteiger partial charge is 0.160 e. The van der Waals surface area contributed by atoms with Gasteiger partial charge >= 0.3 is 0 Å². The number of ether oxygens (including phenoxy) is 2. The van der Waals surface area contributed by atoms with Crippen LogP contribution in [-0.2, 0) is 13.0 Å². The number of likely N-dealkylation sites (N-methyl/N-ethyl adjacent to an activating group) is 1. The van der Waals surface area contributed by atoms with Gasteiger partial charge in [-0.05, 0) is 67.8 Å². The van der Waals surface area contributed by atoms with E-state index in [-0.39, 0.29) is 5.75 Å². The first kappa shape index (κ1) is 18.1. The Hall–Kier alpha value is -2.20. The van der Waals surface area contributed by atoms with Gasteiger partial charge in [0.15, 0.2) is 11.5 Å². The van der Waals surface area contributed by atoms with Gasteiger partial charge in [-0.2, -0.15) is 0 Å². The van der Waals surface area contributed by atoms with Crippen molar-refractivity contribution in [2.24, 2.45) is 0 Å². The maximum atomic E-state index is 9.96. The molecule has 0 radical (unpaired) electrons. The van der Waals surface area contributed by atoms with Crippen LogP contribution in [0.15, 0.2) is 30.3 Å². The second-order valence-corrected chi connectivity index (χ2v) is 6.24. The van der Waals surface area contributed by atoms with Crippen molar-refractivity contribution in [1.29, 1.82) is 0 Å². The summed E-state index contributed by atoms with van der Waals surface area (Å²) in [5.41, 5.74) is 4.70. The largest absolute Gasteiger partial charge is 0.504 e. The molecule has 0 aliphatic heterocycles. The molecular weight excluding hydrogens is 302 g/mol. The van der Waals surface area contributed by atoms with Gasteiger partial charge in [0, 0.05) is 13.1 Å². The molecule has 0 aliphatic carbocycles. The van der Waals surface area contributed by atoms with Crippen molar-refractivity contribution >= 4 is 0 Å². The van der Waals surface area contributed by atoms with Gasteiger partial charge in [-0.15, -0.1) is 0 Å². The summed E-state index contributed by atoms with van der Waals surface area (Å²) in [6.45, 7) is 5.84. The lowest BCUT2D eigenvalue weighted by molar-refractivity contribution is 0.328. The van der Waals surface area contributed by atoms with Gasteiger partial charge in [0.25, 0.3) is 0 Å². The Morgan fingerprint density at radius 3 is 2.29 bits per heavy atom. The summed E-state index contributed by atoms with van der Waals surface area (Å²) in [4.78, 5) is 2.26. The Kier molecular flexibility index (Phi) is 6.10. The molecule has 4 heteroatoms. The lowest BCUT2D eigenvalue weighted by Gasteiger charge is -2.19. The first-order valence-electron chi connectivity index (χ1n) is 8.13. The molecule has 0 atom stereocenters. The van der Waals surface area contributed by atoms with Crippen molar-refractivity contribution in [3.63, 3.8) is 0 Å². The highest BCUT2D eigenvalue weighted by Crippen LogP contribution is 2.29. The molecule has 0 bridgehead atoms. The van der Waals surface area contributed by atoms with Crippen LogP contribution in [-0.4, -0.2) is 37.8 Å². The monoisotopic (exact) mass is 329 g/mol. The molecule has 0 spiro atoms. The molecule has 0 amide bonds. The van der Waals surface area contributed by atoms with Gasteiger partial charge in [0.1, 0.15) is 5.75 Å². The maximum Gasteiger partial charge on any atom is 0.160 e. The highest BCUT2D eigenvalue weighted by atomic mass is 16.5. The van der Waals surface area contributed by atoms with E-state index in [0.717, 1.165) is 42.0 Å². The third kappa shape index (κ3) is 4.42. The van der Waals surface area contributed by atoms with Crippen LogP contribution in [0.25, 0.3) is 0 Å². The van der Waals surface area contributed by atoms with E-state index in [2.05, 4.69) is 31.0 Å². The van der Waals surface area contributed by atoms with Crippen LogP contribution in [0.4, 0.5) is 0 Å². The third-order valence-corrected chi connectivity index (χ3v) is 4.32. The van der Waals surface area contributed by atoms with E-state index in [1.807, 2.05) is 19.1 Å². The predicted molar refractivity (Wildman–Crippen MR) is 97.2 cm³/mol. The van der Waals surface area contributed by atoms with Crippen molar-refractivity contribution < 1.29 is 14.6 Å². The van der Waals surface area contributed by atoms with E-state index in [4.69, 9.17) is 9.47 Å². The van der Waals surface area contributed by atoms with Crippen LogP contribution in [0.3, 0.4) is 0 Å². The summed E-state index contributed by atoms with van der Waals surface area (Å²) in [5.74, 6) is 1.64. The summed E-state index contributed by atoms with van der Waals surface area (Å²) in [7, 11) is 5.36. The molecule has 0 saturated heterocycles. The van der Waals surface area contributed by atoms with E-state index in [1.165, 1.54) is 5.56 Å². The number of methoxy groups -OCH3 is 2. The molecule has 0 unspecified atom stereocenters. The SMILES string of the molecule is COc1ccc(CCN(C)Cc2cc(O)c(OC)cc2C)cc1C. The molecule has 0 aromatic heterocycles. The summed E-state index contributed by atoms with van der Waals surface area (Å²) in [6, 6.07) is 9.99. The molecule has 2 rings (SSSR count). The summed E-state index contributed by atoms with van der Waals surface area (Å²) < 4.78 is 10.5. The number of rotatable bonds is 7. The van der Waals surface area contributed by atoms with Crippen molar-refractivity contribution in [2.75, 3.05) is 27.8 Å². The van der Waals surface area contributed by atoms with E-state index in [9.17, 15) is 5.11 Å². The van der Waals surface area contributed by atoms with Crippen LogP contribution in [0, 0.1) is 13.8 Å². The van der Waals surface area contributed by atoms with E-state index in [1.54, 1.807) is 20.3 Å². The fraction of sp³-hybridized carbons (Fsp3) is 0.400. The number of benzene rings is 2. The number of aryl methyl sites for hydroxylation is 2. The molecule has 1 N–H and O–H groups in total. The van der Waals surface area contributed by atoms with Gasteiger partial charge in [-0.25, -0.2) is 0 Å². The molecule has 0 heterocycles. The number of nitrogens with zero attached hydrogens (tertiary/aromatic N) is 1. The lowest BCUT2D eigenvalue weighted by atomic mass is 10.1. The molecule has 0 fully saturated rings. The third-order valence-electron chi connectivity index (χ3n) is 4.32. The fourth-order valence-electron chi connectivity index (χ4n) is 2.83. The van der Waals surface area contributed by atoms with E-state index < -0.39 is 0 Å². The molecule has 0 aliphatic rings. The minimum absolute atomic E-state index is 0.192. The summed E-state index contributed by atoms with van der Waals surface area (Å²) in [6.07, 6.45) is 0.975. The Morgan fingerprint density at radius 1 is 0.958 bits per heavy atom. The standard InChI is InChI=1S/C20H27NO3/c1-14-11-20(24-5)18(22)12-17(14)13-21(3)9-8-16-6-7-19(23-4)15(2)10-16/h6-7,10-12,22H,8-9,13H2,1-5H3. The zero-order valence-electron chi connectivity index (χ0n) is 15.2. The molecule has 4 nitrogen and oxygen atoms in total. The zero-order valence-corrected chi connectivity index (χ0v) is 15.2. The Morgan fingerprint density at radius 2 is 1.67 bits per heavy atom. The van der Waals surface area contributed by atoms with E-state index >= 15 is 0 Å². The second-order valence-electron chi connectivity index (χ2n) is 6.24. The van der Waals surface area contributed by atoms with Crippen molar-refractivity contribution in [3.05, 3.63) is 52.6 Å². The number of aromatic hydroxyl groups is 1. The maximum absolute atomic E-state index is 9.96. The van der Waals surface area contributed by atoms with Gasteiger partial charge in [0.2, 0.25) is 0 Å². The molecule has 2 aromatic carbocycles. The van der Waals surface area contributed by atoms with Crippen LogP contribution in [0.5, 0.6) is 17.2 Å². The van der Waals surface area contributed by atoms with Crippen molar-refractivity contribution in [1.82, 2.24) is 4.90 Å². The average molecular weight is 329 g/mol. The first-order valence-corrected chi connectivity index (χ1v) is 8.13. The predicted octanol–water partition coefficient (Wildman–Crippen LogP) is 3.70. The highest BCUT2D eigenvalue weighted by Gasteiger charge is 2.09. The molecule has 130 valence electrons. The molecular formula is C20H27NO3. The number of phenols is 1. The van der Waals surface area contributed by atoms with E-state index in [0.29, 0.717) is 5.75 Å². The minimum atomic E-state index is 0.192. The second kappa shape index (κ2) is 8.06. The van der Waals surface area contributed by atoms with Crippen molar-refractivity contribution in [3.8, 4) is 17.2 Å². The average Bonchev–Trinajstić information content (AvgIpc) is 2.56. The number of hydrogen-bond donors (Lipinski definition) is 1. The molecule has 2 aromatic rings. The number of phenolic OH excluding ortho intramolecular Hbond substituents is 1. The van der Waals surface area contributed by atoms with Gasteiger partial charge in [0.05, 0.1) is 14.2 Å². The Bertz CT molecular complexity index is 698. The van der Waals surface area contributed by atoms with Crippen LogP contribution < -0.4 is 9.47 Å². The molecule has 24 heavy (non-hydrogen) atoms. The zero-order chi connectivity index (χ0) is 17.7. The molecule has 0 saturated carbocycles. The lowest BCUT2D eigenvalue weighted by Crippen LogP contribution is -2.21. The van der Waals surface area contributed by atoms with Crippen LogP contribution in [0.2, 0.25) is 0 Å². The Balaban J connectivity index is 1.97. The fourth-order valence-corrected chi connectivity index (χ4v) is 2.83. The van der Waals surface area contributed by atoms with Crippen LogP contribution in [0.1, 0.15) is 22.3 Å². The topological polar surface area (TPSA) is 41.9 Å².